The summed E-state index contributed by atoms with van der Waals surface area (Å²) in [6, 6.07) is 0. The highest BCUT2D eigenvalue weighted by Gasteiger charge is 2.46. The molecule has 0 aromatic carbocycles. The van der Waals surface area contributed by atoms with E-state index >= 15 is 0 Å². The quantitative estimate of drug-likeness (QED) is 0.0200. The molecule has 0 spiro atoms. The maximum Gasteiger partial charge on any atom is 0.0649 e. The lowest BCUT2D eigenvalue weighted by Gasteiger charge is -2.50. The van der Waals surface area contributed by atoms with E-state index in [9.17, 15) is 0 Å². The molecule has 36 N–H and O–H groups in total. The molecule has 22 nitrogen and oxygen atoms in total. The zero-order chi connectivity index (χ0) is 45.1. The highest BCUT2D eigenvalue weighted by Crippen LogP contribution is 2.44. The molecule has 0 aliphatic carbocycles. The summed E-state index contributed by atoms with van der Waals surface area (Å²) in [5.74, 6) is 0. The smallest absolute Gasteiger partial charge is 0.0649 e. The van der Waals surface area contributed by atoms with Crippen molar-refractivity contribution in [2.45, 2.75) is 132 Å². The minimum absolute atomic E-state index is 0.253. The second-order valence-corrected chi connectivity index (χ2v) is 17.3. The summed E-state index contributed by atoms with van der Waals surface area (Å²) in [6.07, 6.45) is 9.11. The molecule has 0 aliphatic heterocycles. The van der Waals surface area contributed by atoms with Gasteiger partial charge in [0.2, 0.25) is 0 Å². The largest absolute Gasteiger partial charge is 0.325 e. The molecule has 0 aromatic rings. The number of rotatable bonds is 45. The molecule has 0 radical (unpaired) electrons. The van der Waals surface area contributed by atoms with E-state index in [0.717, 1.165) is 149 Å². The Bertz CT molecular complexity index is 889. The van der Waals surface area contributed by atoms with Crippen molar-refractivity contribution in [1.82, 2.24) is 42.5 Å². The Morgan fingerprint density at radius 2 is 0.567 bits per heavy atom. The van der Waals surface area contributed by atoms with Gasteiger partial charge in [-0.25, -0.2) is 0 Å². The number of hydrogen-bond donors (Lipinski definition) is 22. The minimum Gasteiger partial charge on any atom is -0.325 e. The lowest BCUT2D eigenvalue weighted by Crippen LogP contribution is -2.60. The van der Waals surface area contributed by atoms with Crippen LogP contribution >= 0.6 is 0 Å². The highest BCUT2D eigenvalue weighted by molar-refractivity contribution is 5.04. The third-order valence-corrected chi connectivity index (χ3v) is 11.1. The van der Waals surface area contributed by atoms with Crippen LogP contribution in [0.1, 0.15) is 83.5 Å². The molecule has 0 bridgehead atoms. The van der Waals surface area contributed by atoms with Crippen molar-refractivity contribution < 1.29 is 0 Å². The summed E-state index contributed by atoms with van der Waals surface area (Å²) >= 11 is 0. The van der Waals surface area contributed by atoms with E-state index in [1.807, 2.05) is 0 Å². The van der Waals surface area contributed by atoms with E-state index in [0.29, 0.717) is 39.3 Å². The van der Waals surface area contributed by atoms with Crippen molar-refractivity contribution in [1.29, 1.82) is 0 Å². The fourth-order valence-electron chi connectivity index (χ4n) is 7.88. The average Bonchev–Trinajstić information content (AvgIpc) is 3.15. The van der Waals surface area contributed by atoms with Crippen LogP contribution in [0.5, 0.6) is 0 Å². The summed E-state index contributed by atoms with van der Waals surface area (Å²) in [5, 5.41) is 27.8. The molecule has 0 unspecified atom stereocenters. The van der Waals surface area contributed by atoms with E-state index in [1.54, 1.807) is 0 Å². The van der Waals surface area contributed by atoms with Gasteiger partial charge in [0.05, 0.1) is 37.0 Å². The van der Waals surface area contributed by atoms with E-state index in [2.05, 4.69) is 42.5 Å². The van der Waals surface area contributed by atoms with Gasteiger partial charge in [-0.05, 0) is 129 Å². The summed E-state index contributed by atoms with van der Waals surface area (Å²) in [4.78, 5) is 0. The van der Waals surface area contributed by atoms with Crippen molar-refractivity contribution in [3.63, 3.8) is 0 Å². The van der Waals surface area contributed by atoms with Crippen molar-refractivity contribution in [2.75, 3.05) is 105 Å². The molecule has 22 heteroatoms. The Hall–Kier alpha value is -0.880. The van der Waals surface area contributed by atoms with Crippen LogP contribution in [0.3, 0.4) is 0 Å². The van der Waals surface area contributed by atoms with Gasteiger partial charge in [-0.1, -0.05) is 0 Å². The first kappa shape index (κ1) is 59.1. The van der Waals surface area contributed by atoms with E-state index in [-0.39, 0.29) is 23.3 Å². The van der Waals surface area contributed by atoms with Gasteiger partial charge in [0.15, 0.2) is 0 Å². The zero-order valence-electron chi connectivity index (χ0n) is 37.6. The first-order valence-electron chi connectivity index (χ1n) is 22.8. The van der Waals surface area contributed by atoms with Gasteiger partial charge in [-0.3, -0.25) is 0 Å². The fourth-order valence-corrected chi connectivity index (χ4v) is 7.88. The van der Waals surface area contributed by atoms with Crippen molar-refractivity contribution >= 4 is 0 Å². The Morgan fingerprint density at radius 1 is 0.283 bits per heavy atom. The molecular formula is C38H100N22. The summed E-state index contributed by atoms with van der Waals surface area (Å²) in [5.41, 5.74) is 83.2. The lowest BCUT2D eigenvalue weighted by molar-refractivity contribution is 0.0658. The molecule has 0 saturated heterocycles. The molecule has 0 rings (SSSR count). The van der Waals surface area contributed by atoms with Gasteiger partial charge in [-0.15, -0.1) is 0 Å². The molecule has 0 aliphatic rings. The van der Waals surface area contributed by atoms with Gasteiger partial charge in [0, 0.05) is 75.4 Å². The molecule has 0 amide bonds. The zero-order valence-corrected chi connectivity index (χ0v) is 37.6. The van der Waals surface area contributed by atoms with Crippen LogP contribution < -0.4 is 123 Å². The monoisotopic (exact) mass is 865 g/mol. The van der Waals surface area contributed by atoms with E-state index in [4.69, 9.17) is 80.3 Å². The first-order valence-corrected chi connectivity index (χ1v) is 22.8. The highest BCUT2D eigenvalue weighted by atomic mass is 15.0. The summed E-state index contributed by atoms with van der Waals surface area (Å²) < 4.78 is 0. The number of hydrogen-bond acceptors (Lipinski definition) is 22. The average molecular weight is 865 g/mol. The molecular weight excluding hydrogens is 765 g/mol. The second kappa shape index (κ2) is 36.5. The predicted molar refractivity (Wildman–Crippen MR) is 252 cm³/mol. The molecule has 0 heterocycles. The van der Waals surface area contributed by atoms with Crippen LogP contribution in [0, 0.1) is 5.41 Å². The molecule has 0 aromatic heterocycles. The standard InChI is InChI=1S/C38H100N22/c39-30(40)23-54-14-1-7-36(8-2-15-55-24-31(41)42,38(52,11-5-18-58-27-34(47)48)12-6-19-59-28-35(49)50)29-60-22-21-53-20-13-37(51,9-3-16-56-25-32(43)44)10-4-17-57-26-33(45)46/h30-35,53-60H,1-29,39-52H2. The summed E-state index contributed by atoms with van der Waals surface area (Å²) in [7, 11) is 0. The van der Waals surface area contributed by atoms with Gasteiger partial charge < -0.3 is 123 Å². The van der Waals surface area contributed by atoms with Gasteiger partial charge in [0.1, 0.15) is 0 Å². The maximum atomic E-state index is 7.77. The topological polar surface area (TPSA) is 461 Å². The van der Waals surface area contributed by atoms with Crippen LogP contribution in [-0.4, -0.2) is 153 Å². The molecule has 0 saturated carbocycles. The van der Waals surface area contributed by atoms with Crippen LogP contribution in [0.15, 0.2) is 0 Å². The third-order valence-electron chi connectivity index (χ3n) is 11.1. The van der Waals surface area contributed by atoms with E-state index < -0.39 is 30.2 Å². The lowest BCUT2D eigenvalue weighted by atomic mass is 9.60. The number of nitrogens with one attached hydrogen (secondary N) is 8. The predicted octanol–water partition coefficient (Wildman–Crippen LogP) is -7.38. The summed E-state index contributed by atoms with van der Waals surface area (Å²) in [6.45, 7) is 11.2. The number of nitrogens with two attached hydrogens (primary N) is 14. The SMILES string of the molecule is NC(N)CNCCCC(N)(CCCNCC(N)N)CCNCCNCC(CCCNCC(N)N)(CCCNCC(N)N)C(N)(CCCNCC(N)N)CCCNCC(N)N. The van der Waals surface area contributed by atoms with Crippen LogP contribution in [-0.2, 0) is 0 Å². The van der Waals surface area contributed by atoms with Gasteiger partial charge in [-0.2, -0.15) is 0 Å². The first-order chi connectivity index (χ1) is 28.5. The Labute approximate surface area is 363 Å². The van der Waals surface area contributed by atoms with Crippen molar-refractivity contribution in [2.24, 2.45) is 85.7 Å². The van der Waals surface area contributed by atoms with Crippen LogP contribution in [0.25, 0.3) is 0 Å². The fraction of sp³-hybridized carbons (Fsp3) is 1.00. The molecule has 0 atom stereocenters. The Morgan fingerprint density at radius 3 is 0.883 bits per heavy atom. The van der Waals surface area contributed by atoms with Crippen LogP contribution in [0.2, 0.25) is 0 Å². The minimum atomic E-state index is -0.506. The second-order valence-electron chi connectivity index (χ2n) is 17.3. The van der Waals surface area contributed by atoms with E-state index in [1.165, 1.54) is 0 Å². The molecule has 0 fully saturated rings. The Kier molecular flexibility index (Phi) is 35.9. The normalized spacial score (nSPS) is 13.2. The van der Waals surface area contributed by atoms with Crippen LogP contribution in [0.4, 0.5) is 0 Å². The van der Waals surface area contributed by atoms with Gasteiger partial charge in [0.25, 0.3) is 0 Å². The molecule has 60 heavy (non-hydrogen) atoms. The third kappa shape index (κ3) is 32.7. The molecule has 362 valence electrons. The maximum absolute atomic E-state index is 7.77. The Balaban J connectivity index is 6.00. The van der Waals surface area contributed by atoms with Crippen molar-refractivity contribution in [3.05, 3.63) is 0 Å². The van der Waals surface area contributed by atoms with Crippen molar-refractivity contribution in [3.8, 4) is 0 Å². The van der Waals surface area contributed by atoms with Gasteiger partial charge >= 0.3 is 0 Å².